The number of nitrogens with zero attached hydrogens (tertiary/aromatic N) is 1. The zero-order valence-corrected chi connectivity index (χ0v) is 11.1. The van der Waals surface area contributed by atoms with Gasteiger partial charge in [-0.05, 0) is 24.1 Å². The highest BCUT2D eigenvalue weighted by Gasteiger charge is 2.19. The van der Waals surface area contributed by atoms with Crippen molar-refractivity contribution in [2.75, 3.05) is 13.6 Å². The Morgan fingerprint density at radius 2 is 1.95 bits per heavy atom. The van der Waals surface area contributed by atoms with Crippen molar-refractivity contribution in [1.29, 1.82) is 0 Å². The van der Waals surface area contributed by atoms with Crippen molar-refractivity contribution in [3.8, 4) is 11.5 Å². The van der Waals surface area contributed by atoms with Gasteiger partial charge in [-0.1, -0.05) is 6.07 Å². The van der Waals surface area contributed by atoms with Gasteiger partial charge in [-0.3, -0.25) is 9.59 Å². The van der Waals surface area contributed by atoms with E-state index in [1.165, 1.54) is 24.1 Å². The maximum atomic E-state index is 11.9. The van der Waals surface area contributed by atoms with E-state index < -0.39 is 12.0 Å². The number of phenols is 2. The molecule has 1 amide bonds. The minimum absolute atomic E-state index is 0.0860. The molecule has 0 bridgehead atoms. The number of carbonyl (C=O) groups excluding carboxylic acids is 1. The second-order valence-electron chi connectivity index (χ2n) is 4.54. The lowest BCUT2D eigenvalue weighted by molar-refractivity contribution is -0.138. The summed E-state index contributed by atoms with van der Waals surface area (Å²) in [7, 11) is 1.49. The first-order chi connectivity index (χ1) is 9.31. The molecule has 1 aromatic rings. The molecular weight excluding hydrogens is 264 g/mol. The van der Waals surface area contributed by atoms with Gasteiger partial charge in [0.1, 0.15) is 0 Å². The molecule has 110 valence electrons. The number of carboxylic acids is 1. The minimum Gasteiger partial charge on any atom is -0.504 e. The fourth-order valence-electron chi connectivity index (χ4n) is 1.69. The second-order valence-corrected chi connectivity index (χ2v) is 4.54. The van der Waals surface area contributed by atoms with Gasteiger partial charge in [0.25, 0.3) is 0 Å². The van der Waals surface area contributed by atoms with E-state index >= 15 is 0 Å². The summed E-state index contributed by atoms with van der Waals surface area (Å²) in [4.78, 5) is 23.6. The molecule has 0 radical (unpaired) electrons. The van der Waals surface area contributed by atoms with Gasteiger partial charge >= 0.3 is 5.97 Å². The first-order valence-corrected chi connectivity index (χ1v) is 6.04. The van der Waals surface area contributed by atoms with Gasteiger partial charge in [0.15, 0.2) is 11.5 Å². The average Bonchev–Trinajstić information content (AvgIpc) is 2.39. The number of phenolic OH excluding ortho intramolecular Hbond substituents is 2. The molecule has 0 spiro atoms. The van der Waals surface area contributed by atoms with Crippen molar-refractivity contribution < 1.29 is 24.9 Å². The van der Waals surface area contributed by atoms with Crippen LogP contribution in [0.5, 0.6) is 11.5 Å². The zero-order chi connectivity index (χ0) is 15.3. The summed E-state index contributed by atoms with van der Waals surface area (Å²) in [5, 5.41) is 27.1. The fraction of sp³-hybridized carbons (Fsp3) is 0.385. The molecular formula is C13H18N2O5. The lowest BCUT2D eigenvalue weighted by atomic mass is 10.0. The molecule has 5 N–H and O–H groups in total. The molecule has 20 heavy (non-hydrogen) atoms. The van der Waals surface area contributed by atoms with Crippen LogP contribution in [0.15, 0.2) is 18.2 Å². The third-order valence-corrected chi connectivity index (χ3v) is 2.85. The molecule has 7 nitrogen and oxygen atoms in total. The Morgan fingerprint density at radius 1 is 1.30 bits per heavy atom. The summed E-state index contributed by atoms with van der Waals surface area (Å²) in [5.74, 6) is -1.88. The molecule has 0 aromatic heterocycles. The van der Waals surface area contributed by atoms with E-state index in [2.05, 4.69) is 0 Å². The van der Waals surface area contributed by atoms with Crippen LogP contribution in [0.2, 0.25) is 0 Å². The molecule has 0 aliphatic rings. The third kappa shape index (κ3) is 4.43. The van der Waals surface area contributed by atoms with Crippen LogP contribution in [0.3, 0.4) is 0 Å². The molecule has 1 rings (SSSR count). The van der Waals surface area contributed by atoms with Crippen LogP contribution >= 0.6 is 0 Å². The summed E-state index contributed by atoms with van der Waals surface area (Å²) in [5.41, 5.74) is 6.37. The second kappa shape index (κ2) is 6.76. The minimum atomic E-state index is -0.985. The summed E-state index contributed by atoms with van der Waals surface area (Å²) in [6, 6.07) is 3.37. The summed E-state index contributed by atoms with van der Waals surface area (Å²) < 4.78 is 0. The molecule has 0 aliphatic carbocycles. The van der Waals surface area contributed by atoms with E-state index in [-0.39, 0.29) is 36.8 Å². The fourth-order valence-corrected chi connectivity index (χ4v) is 1.69. The molecule has 0 aliphatic heterocycles. The van der Waals surface area contributed by atoms with Crippen molar-refractivity contribution in [3.05, 3.63) is 23.8 Å². The first kappa shape index (κ1) is 15.8. The predicted molar refractivity (Wildman–Crippen MR) is 71.3 cm³/mol. The van der Waals surface area contributed by atoms with Crippen LogP contribution in [0, 0.1) is 0 Å². The number of amides is 1. The molecule has 0 saturated carbocycles. The summed E-state index contributed by atoms with van der Waals surface area (Å²) >= 11 is 0. The van der Waals surface area contributed by atoms with Gasteiger partial charge in [-0.2, -0.15) is 0 Å². The molecule has 7 heteroatoms. The number of carbonyl (C=O) groups is 2. The summed E-state index contributed by atoms with van der Waals surface area (Å²) in [6.07, 6.45) is 0.0407. The van der Waals surface area contributed by atoms with Crippen LogP contribution in [-0.2, 0) is 16.0 Å². The molecule has 0 saturated heterocycles. The highest BCUT2D eigenvalue weighted by molar-refractivity contribution is 5.82. The standard InChI is InChI=1S/C13H18N2O5/c1-15(5-4-12(18)19)13(20)9(14)6-8-2-3-10(16)11(17)7-8/h2-3,7,9,16-17H,4-6,14H2,1H3,(H,18,19)/t9-/m0/s1. The van der Waals surface area contributed by atoms with Crippen LogP contribution in [0.4, 0.5) is 0 Å². The number of nitrogens with two attached hydrogens (primary N) is 1. The Hall–Kier alpha value is -2.28. The lowest BCUT2D eigenvalue weighted by Gasteiger charge is -2.20. The van der Waals surface area contributed by atoms with E-state index in [1.807, 2.05) is 0 Å². The summed E-state index contributed by atoms with van der Waals surface area (Å²) in [6.45, 7) is 0.0860. The Labute approximate surface area is 116 Å². The maximum Gasteiger partial charge on any atom is 0.305 e. The largest absolute Gasteiger partial charge is 0.504 e. The highest BCUT2D eigenvalue weighted by Crippen LogP contribution is 2.25. The normalized spacial score (nSPS) is 11.9. The first-order valence-electron chi connectivity index (χ1n) is 6.04. The van der Waals surface area contributed by atoms with Crippen molar-refractivity contribution in [1.82, 2.24) is 4.90 Å². The lowest BCUT2D eigenvalue weighted by Crippen LogP contribution is -2.43. The number of benzene rings is 1. The SMILES string of the molecule is CN(CCC(=O)O)C(=O)[C@@H](N)Cc1ccc(O)c(O)c1. The number of aromatic hydroxyl groups is 2. The van der Waals surface area contributed by atoms with Gasteiger partial charge in [0.05, 0.1) is 12.5 Å². The van der Waals surface area contributed by atoms with Crippen molar-refractivity contribution in [3.63, 3.8) is 0 Å². The van der Waals surface area contributed by atoms with Crippen LogP contribution < -0.4 is 5.73 Å². The number of hydrogen-bond acceptors (Lipinski definition) is 5. The topological polar surface area (TPSA) is 124 Å². The Balaban J connectivity index is 2.60. The van der Waals surface area contributed by atoms with Crippen molar-refractivity contribution in [2.24, 2.45) is 5.73 Å². The van der Waals surface area contributed by atoms with E-state index in [0.29, 0.717) is 5.56 Å². The molecule has 1 aromatic carbocycles. The van der Waals surface area contributed by atoms with E-state index in [1.54, 1.807) is 6.07 Å². The number of carboxylic acid groups (broad SMARTS) is 1. The monoisotopic (exact) mass is 282 g/mol. The number of likely N-dealkylation sites (N-methyl/N-ethyl adjacent to an activating group) is 1. The maximum absolute atomic E-state index is 11.9. The third-order valence-electron chi connectivity index (χ3n) is 2.85. The van der Waals surface area contributed by atoms with Crippen LogP contribution in [0.1, 0.15) is 12.0 Å². The predicted octanol–water partition coefficient (Wildman–Crippen LogP) is -0.0993. The quantitative estimate of drug-likeness (QED) is 0.540. The molecule has 0 fully saturated rings. The van der Waals surface area contributed by atoms with Crippen molar-refractivity contribution >= 4 is 11.9 Å². The van der Waals surface area contributed by atoms with Gasteiger partial charge in [0.2, 0.25) is 5.91 Å². The van der Waals surface area contributed by atoms with Crippen LogP contribution in [0.25, 0.3) is 0 Å². The molecule has 0 unspecified atom stereocenters. The number of aliphatic carboxylic acids is 1. The Kier molecular flexibility index (Phi) is 5.33. The van der Waals surface area contributed by atoms with E-state index in [9.17, 15) is 19.8 Å². The molecule has 0 heterocycles. The number of rotatable bonds is 6. The van der Waals surface area contributed by atoms with Gasteiger partial charge < -0.3 is 26.0 Å². The van der Waals surface area contributed by atoms with Gasteiger partial charge in [-0.15, -0.1) is 0 Å². The zero-order valence-electron chi connectivity index (χ0n) is 11.1. The number of hydrogen-bond donors (Lipinski definition) is 4. The smallest absolute Gasteiger partial charge is 0.305 e. The van der Waals surface area contributed by atoms with Gasteiger partial charge in [0, 0.05) is 13.6 Å². The average molecular weight is 282 g/mol. The van der Waals surface area contributed by atoms with Crippen LogP contribution in [-0.4, -0.2) is 51.7 Å². The van der Waals surface area contributed by atoms with E-state index in [4.69, 9.17) is 10.8 Å². The Morgan fingerprint density at radius 3 is 2.50 bits per heavy atom. The van der Waals surface area contributed by atoms with E-state index in [0.717, 1.165) is 0 Å². The highest BCUT2D eigenvalue weighted by atomic mass is 16.4. The van der Waals surface area contributed by atoms with Gasteiger partial charge in [-0.25, -0.2) is 0 Å². The molecule has 1 atom stereocenters. The van der Waals surface area contributed by atoms with Crippen molar-refractivity contribution in [2.45, 2.75) is 18.9 Å². The Bertz CT molecular complexity index is 504.